The van der Waals surface area contributed by atoms with Crippen molar-refractivity contribution in [2.24, 2.45) is 5.92 Å². The van der Waals surface area contributed by atoms with Crippen LogP contribution in [0.4, 0.5) is 0 Å². The van der Waals surface area contributed by atoms with Gasteiger partial charge in [-0.3, -0.25) is 9.59 Å². The van der Waals surface area contributed by atoms with Gasteiger partial charge in [0.2, 0.25) is 10.0 Å². The van der Waals surface area contributed by atoms with Crippen LogP contribution >= 0.6 is 0 Å². The van der Waals surface area contributed by atoms with Crippen LogP contribution in [-0.4, -0.2) is 76.0 Å². The standard InChI is InChI=1S/C21H27N3O7S/c1-4-8-22-18(25)14-31-21(27)19(15(2)3)23-20(26)16-6-5-7-17(13-16)32(28,29)24-9-11-30-12-10-24/h1,5-7,13,15,19H,8-12,14H2,2-3H3,(H,22,25)(H,23,26)/t19-/m0/s1. The molecule has 0 bridgehead atoms. The molecule has 0 spiro atoms. The van der Waals surface area contributed by atoms with Crippen LogP contribution in [0.2, 0.25) is 0 Å². The molecule has 1 fully saturated rings. The first-order chi connectivity index (χ1) is 15.2. The fourth-order valence-corrected chi connectivity index (χ4v) is 4.34. The lowest BCUT2D eigenvalue weighted by Crippen LogP contribution is -2.46. The topological polar surface area (TPSA) is 131 Å². The van der Waals surface area contributed by atoms with E-state index in [9.17, 15) is 22.8 Å². The fraction of sp³-hybridized carbons (Fsp3) is 0.476. The van der Waals surface area contributed by atoms with Crippen LogP contribution in [0.5, 0.6) is 0 Å². The smallest absolute Gasteiger partial charge is 0.329 e. The number of amides is 2. The summed E-state index contributed by atoms with van der Waals surface area (Å²) < 4.78 is 37.1. The van der Waals surface area contributed by atoms with Crippen molar-refractivity contribution < 1.29 is 32.3 Å². The zero-order valence-corrected chi connectivity index (χ0v) is 18.8. The highest BCUT2D eigenvalue weighted by molar-refractivity contribution is 7.89. The Kier molecular flexibility index (Phi) is 9.19. The summed E-state index contributed by atoms with van der Waals surface area (Å²) in [5.74, 6) is -0.117. The minimum atomic E-state index is -3.78. The number of hydrogen-bond donors (Lipinski definition) is 2. The van der Waals surface area contributed by atoms with Crippen molar-refractivity contribution in [2.75, 3.05) is 39.5 Å². The summed E-state index contributed by atoms with van der Waals surface area (Å²) in [4.78, 5) is 36.7. The van der Waals surface area contributed by atoms with Crippen LogP contribution in [0.1, 0.15) is 24.2 Å². The van der Waals surface area contributed by atoms with Crippen LogP contribution in [0.15, 0.2) is 29.2 Å². The third kappa shape index (κ3) is 6.78. The molecule has 32 heavy (non-hydrogen) atoms. The summed E-state index contributed by atoms with van der Waals surface area (Å²) in [5, 5.41) is 4.91. The predicted octanol–water partition coefficient (Wildman–Crippen LogP) is -0.245. The number of carbonyl (C=O) groups is 3. The number of benzene rings is 1. The molecule has 1 aromatic carbocycles. The van der Waals surface area contributed by atoms with Gasteiger partial charge in [-0.15, -0.1) is 6.42 Å². The molecule has 0 aliphatic carbocycles. The molecule has 1 heterocycles. The second-order valence-corrected chi connectivity index (χ2v) is 9.27. The molecule has 1 atom stereocenters. The van der Waals surface area contributed by atoms with Gasteiger partial charge in [-0.05, 0) is 24.1 Å². The van der Waals surface area contributed by atoms with E-state index in [1.165, 1.54) is 28.6 Å². The molecular weight excluding hydrogens is 438 g/mol. The van der Waals surface area contributed by atoms with E-state index in [1.807, 2.05) is 0 Å². The molecule has 0 aromatic heterocycles. The van der Waals surface area contributed by atoms with E-state index in [2.05, 4.69) is 16.6 Å². The van der Waals surface area contributed by atoms with Crippen LogP contribution in [0.25, 0.3) is 0 Å². The summed E-state index contributed by atoms with van der Waals surface area (Å²) in [6, 6.07) is 4.54. The lowest BCUT2D eigenvalue weighted by molar-refractivity contribution is -0.151. The number of rotatable bonds is 9. The lowest BCUT2D eigenvalue weighted by atomic mass is 10.0. The molecule has 0 unspecified atom stereocenters. The van der Waals surface area contributed by atoms with Crippen molar-refractivity contribution in [1.82, 2.24) is 14.9 Å². The van der Waals surface area contributed by atoms with E-state index < -0.39 is 40.5 Å². The molecular formula is C21H27N3O7S. The van der Waals surface area contributed by atoms with E-state index in [4.69, 9.17) is 15.9 Å². The molecule has 1 saturated heterocycles. The Morgan fingerprint density at radius 2 is 1.94 bits per heavy atom. The number of nitrogens with one attached hydrogen (secondary N) is 2. The van der Waals surface area contributed by atoms with Crippen LogP contribution in [-0.2, 0) is 29.1 Å². The molecule has 174 valence electrons. The molecule has 2 N–H and O–H groups in total. The Morgan fingerprint density at radius 3 is 2.56 bits per heavy atom. The van der Waals surface area contributed by atoms with Crippen LogP contribution in [0, 0.1) is 18.3 Å². The van der Waals surface area contributed by atoms with Gasteiger partial charge in [0.1, 0.15) is 6.04 Å². The number of esters is 1. The number of nitrogens with zero attached hydrogens (tertiary/aromatic N) is 1. The van der Waals surface area contributed by atoms with Crippen molar-refractivity contribution >= 4 is 27.8 Å². The number of morpholine rings is 1. The van der Waals surface area contributed by atoms with Crippen molar-refractivity contribution in [2.45, 2.75) is 24.8 Å². The third-order valence-electron chi connectivity index (χ3n) is 4.64. The second kappa shape index (κ2) is 11.6. The highest BCUT2D eigenvalue weighted by Crippen LogP contribution is 2.18. The van der Waals surface area contributed by atoms with Gasteiger partial charge < -0.3 is 20.1 Å². The number of terminal acetylenes is 1. The largest absolute Gasteiger partial charge is 0.454 e. The maximum Gasteiger partial charge on any atom is 0.329 e. The summed E-state index contributed by atoms with van der Waals surface area (Å²) in [5.41, 5.74) is 0.0737. The molecule has 1 aliphatic rings. The van der Waals surface area contributed by atoms with Gasteiger partial charge in [0.15, 0.2) is 6.61 Å². The first-order valence-electron chi connectivity index (χ1n) is 10.0. The van der Waals surface area contributed by atoms with Gasteiger partial charge in [0.25, 0.3) is 11.8 Å². The number of sulfonamides is 1. The van der Waals surface area contributed by atoms with Gasteiger partial charge in [0, 0.05) is 18.7 Å². The highest BCUT2D eigenvalue weighted by atomic mass is 32.2. The Labute approximate surface area is 187 Å². The van der Waals surface area contributed by atoms with Gasteiger partial charge in [-0.1, -0.05) is 25.8 Å². The minimum absolute atomic E-state index is 0.00439. The zero-order valence-electron chi connectivity index (χ0n) is 18.0. The van der Waals surface area contributed by atoms with Crippen molar-refractivity contribution in [3.8, 4) is 12.3 Å². The van der Waals surface area contributed by atoms with Crippen molar-refractivity contribution in [3.05, 3.63) is 29.8 Å². The number of ether oxygens (including phenoxy) is 2. The van der Waals surface area contributed by atoms with E-state index in [-0.39, 0.29) is 36.0 Å². The second-order valence-electron chi connectivity index (χ2n) is 7.33. The first-order valence-corrected chi connectivity index (χ1v) is 11.5. The van der Waals surface area contributed by atoms with Crippen molar-refractivity contribution in [1.29, 1.82) is 0 Å². The molecule has 11 heteroatoms. The van der Waals surface area contributed by atoms with Gasteiger partial charge in [-0.25, -0.2) is 13.2 Å². The lowest BCUT2D eigenvalue weighted by Gasteiger charge is -2.26. The SMILES string of the molecule is C#CCNC(=O)COC(=O)[C@@H](NC(=O)c1cccc(S(=O)(=O)N2CCOCC2)c1)C(C)C. The quantitative estimate of drug-likeness (QED) is 0.380. The van der Waals surface area contributed by atoms with E-state index in [0.717, 1.165) is 0 Å². The monoisotopic (exact) mass is 465 g/mol. The Morgan fingerprint density at radius 1 is 1.25 bits per heavy atom. The molecule has 0 saturated carbocycles. The van der Waals surface area contributed by atoms with Crippen molar-refractivity contribution in [3.63, 3.8) is 0 Å². The third-order valence-corrected chi connectivity index (χ3v) is 6.54. The summed E-state index contributed by atoms with van der Waals surface area (Å²) in [7, 11) is -3.78. The minimum Gasteiger partial charge on any atom is -0.454 e. The first kappa shape index (κ1) is 25.3. The van der Waals surface area contributed by atoms with Gasteiger partial charge >= 0.3 is 5.97 Å². The highest BCUT2D eigenvalue weighted by Gasteiger charge is 2.29. The maximum atomic E-state index is 12.8. The number of hydrogen-bond acceptors (Lipinski definition) is 7. The summed E-state index contributed by atoms with van der Waals surface area (Å²) >= 11 is 0. The van der Waals surface area contributed by atoms with Gasteiger partial charge in [-0.2, -0.15) is 4.31 Å². The Hall–Kier alpha value is -2.94. The van der Waals surface area contributed by atoms with Crippen LogP contribution in [0.3, 0.4) is 0 Å². The predicted molar refractivity (Wildman–Crippen MR) is 115 cm³/mol. The Bertz CT molecular complexity index is 979. The average molecular weight is 466 g/mol. The molecule has 10 nitrogen and oxygen atoms in total. The van der Waals surface area contributed by atoms with E-state index in [1.54, 1.807) is 13.8 Å². The maximum absolute atomic E-state index is 12.8. The fourth-order valence-electron chi connectivity index (χ4n) is 2.88. The normalized spacial score (nSPS) is 15.4. The number of carbonyl (C=O) groups excluding carboxylic acids is 3. The van der Waals surface area contributed by atoms with Gasteiger partial charge in [0.05, 0.1) is 24.7 Å². The average Bonchev–Trinajstić information content (AvgIpc) is 2.79. The van der Waals surface area contributed by atoms with E-state index in [0.29, 0.717) is 13.2 Å². The molecule has 0 radical (unpaired) electrons. The molecule has 1 aliphatic heterocycles. The van der Waals surface area contributed by atoms with E-state index >= 15 is 0 Å². The van der Waals surface area contributed by atoms with Crippen LogP contribution < -0.4 is 10.6 Å². The summed E-state index contributed by atoms with van der Waals surface area (Å²) in [6.07, 6.45) is 5.04. The molecule has 2 rings (SSSR count). The molecule has 1 aromatic rings. The molecule has 2 amide bonds. The summed E-state index contributed by atoms with van der Waals surface area (Å²) in [6.45, 7) is 3.94. The Balaban J connectivity index is 2.09. The zero-order chi connectivity index (χ0) is 23.7.